The van der Waals surface area contributed by atoms with E-state index >= 15 is 0 Å². The Morgan fingerprint density at radius 3 is 2.67 bits per heavy atom. The van der Waals surface area contributed by atoms with Crippen molar-refractivity contribution in [1.29, 1.82) is 0 Å². The van der Waals surface area contributed by atoms with Crippen LogP contribution in [0, 0.1) is 0 Å². The molecule has 0 saturated heterocycles. The molecule has 2 heteroatoms. The lowest BCUT2D eigenvalue weighted by molar-refractivity contribution is 0.198. The van der Waals surface area contributed by atoms with E-state index < -0.39 is 0 Å². The van der Waals surface area contributed by atoms with Gasteiger partial charge < -0.3 is 5.11 Å². The number of hydrogen-bond acceptors (Lipinski definition) is 2. The Morgan fingerprint density at radius 1 is 1.42 bits per heavy atom. The molecule has 0 amide bonds. The van der Waals surface area contributed by atoms with Crippen molar-refractivity contribution in [3.8, 4) is 0 Å². The SMILES string of the molecule is CSCc1ccccc1C(C)O. The van der Waals surface area contributed by atoms with Gasteiger partial charge in [0.25, 0.3) is 0 Å². The van der Waals surface area contributed by atoms with Crippen molar-refractivity contribution in [3.63, 3.8) is 0 Å². The molecule has 0 aliphatic carbocycles. The fraction of sp³-hybridized carbons (Fsp3) is 0.400. The van der Waals surface area contributed by atoms with Crippen molar-refractivity contribution in [2.45, 2.75) is 18.8 Å². The minimum atomic E-state index is -0.353. The summed E-state index contributed by atoms with van der Waals surface area (Å²) < 4.78 is 0. The van der Waals surface area contributed by atoms with Crippen molar-refractivity contribution >= 4 is 11.8 Å². The average Bonchev–Trinajstić information content (AvgIpc) is 2.05. The van der Waals surface area contributed by atoms with Gasteiger partial charge in [-0.3, -0.25) is 0 Å². The van der Waals surface area contributed by atoms with E-state index in [0.717, 1.165) is 11.3 Å². The van der Waals surface area contributed by atoms with E-state index in [9.17, 15) is 5.11 Å². The Hall–Kier alpha value is -0.470. The summed E-state index contributed by atoms with van der Waals surface area (Å²) in [5, 5.41) is 9.42. The van der Waals surface area contributed by atoms with Gasteiger partial charge in [0.15, 0.2) is 0 Å². The molecule has 12 heavy (non-hydrogen) atoms. The van der Waals surface area contributed by atoms with Gasteiger partial charge in [-0.25, -0.2) is 0 Å². The van der Waals surface area contributed by atoms with Crippen LogP contribution >= 0.6 is 11.8 Å². The minimum absolute atomic E-state index is 0.353. The Balaban J connectivity index is 2.92. The van der Waals surface area contributed by atoms with Gasteiger partial charge in [0.05, 0.1) is 6.10 Å². The second kappa shape index (κ2) is 4.53. The molecule has 0 heterocycles. The molecule has 0 fully saturated rings. The molecule has 0 saturated carbocycles. The molecule has 1 N–H and O–H groups in total. The van der Waals surface area contributed by atoms with Crippen LogP contribution in [0.5, 0.6) is 0 Å². The topological polar surface area (TPSA) is 20.2 Å². The zero-order valence-electron chi connectivity index (χ0n) is 7.45. The Kier molecular flexibility index (Phi) is 3.63. The normalized spacial score (nSPS) is 12.9. The molecule has 0 aromatic heterocycles. The fourth-order valence-corrected chi connectivity index (χ4v) is 1.80. The molecule has 0 aliphatic rings. The molecule has 0 aliphatic heterocycles. The molecule has 1 aromatic rings. The molecule has 0 spiro atoms. The molecule has 1 unspecified atom stereocenters. The molecule has 66 valence electrons. The number of aliphatic hydroxyl groups excluding tert-OH is 1. The first-order valence-electron chi connectivity index (χ1n) is 4.00. The Labute approximate surface area is 77.8 Å². The van der Waals surface area contributed by atoms with Gasteiger partial charge >= 0.3 is 0 Å². The first-order chi connectivity index (χ1) is 5.75. The van der Waals surface area contributed by atoms with Gasteiger partial charge in [-0.2, -0.15) is 11.8 Å². The van der Waals surface area contributed by atoms with Gasteiger partial charge in [-0.05, 0) is 24.3 Å². The van der Waals surface area contributed by atoms with Crippen LogP contribution in [0.4, 0.5) is 0 Å². The van der Waals surface area contributed by atoms with Crippen molar-refractivity contribution in [1.82, 2.24) is 0 Å². The molecular weight excluding hydrogens is 168 g/mol. The van der Waals surface area contributed by atoms with Crippen LogP contribution in [0.15, 0.2) is 24.3 Å². The summed E-state index contributed by atoms with van der Waals surface area (Å²) in [5.74, 6) is 0.973. The van der Waals surface area contributed by atoms with Crippen LogP contribution < -0.4 is 0 Å². The maximum atomic E-state index is 9.42. The lowest BCUT2D eigenvalue weighted by atomic mass is 10.1. The smallest absolute Gasteiger partial charge is 0.0764 e. The third kappa shape index (κ3) is 2.26. The van der Waals surface area contributed by atoms with E-state index in [1.807, 2.05) is 18.2 Å². The predicted molar refractivity (Wildman–Crippen MR) is 54.3 cm³/mol. The quantitative estimate of drug-likeness (QED) is 0.775. The van der Waals surface area contributed by atoms with E-state index in [2.05, 4.69) is 12.3 Å². The highest BCUT2D eigenvalue weighted by atomic mass is 32.2. The van der Waals surface area contributed by atoms with E-state index in [0.29, 0.717) is 0 Å². The molecule has 1 atom stereocenters. The first-order valence-corrected chi connectivity index (χ1v) is 5.40. The van der Waals surface area contributed by atoms with Gasteiger partial charge in [0.1, 0.15) is 0 Å². The predicted octanol–water partition coefficient (Wildman–Crippen LogP) is 2.60. The van der Waals surface area contributed by atoms with Crippen molar-refractivity contribution in [2.24, 2.45) is 0 Å². The molecule has 1 rings (SSSR count). The summed E-state index contributed by atoms with van der Waals surface area (Å²) in [5.41, 5.74) is 2.28. The fourth-order valence-electron chi connectivity index (χ4n) is 1.23. The lowest BCUT2D eigenvalue weighted by Gasteiger charge is -2.10. The summed E-state index contributed by atoms with van der Waals surface area (Å²) in [7, 11) is 0. The minimum Gasteiger partial charge on any atom is -0.389 e. The number of thioether (sulfide) groups is 1. The van der Waals surface area contributed by atoms with Crippen LogP contribution in [0.2, 0.25) is 0 Å². The summed E-state index contributed by atoms with van der Waals surface area (Å²) in [4.78, 5) is 0. The highest BCUT2D eigenvalue weighted by Gasteiger charge is 2.05. The van der Waals surface area contributed by atoms with E-state index in [1.54, 1.807) is 18.7 Å². The van der Waals surface area contributed by atoms with Crippen LogP contribution in [0.3, 0.4) is 0 Å². The standard InChI is InChI=1S/C10H14OS/c1-8(11)10-6-4-3-5-9(10)7-12-2/h3-6,8,11H,7H2,1-2H3. The summed E-state index contributed by atoms with van der Waals surface area (Å²) in [6.45, 7) is 1.80. The monoisotopic (exact) mass is 182 g/mol. The van der Waals surface area contributed by atoms with Crippen LogP contribution in [0.25, 0.3) is 0 Å². The van der Waals surface area contributed by atoms with Crippen LogP contribution in [-0.2, 0) is 5.75 Å². The second-order valence-electron chi connectivity index (χ2n) is 2.81. The average molecular weight is 182 g/mol. The van der Waals surface area contributed by atoms with Crippen LogP contribution in [-0.4, -0.2) is 11.4 Å². The molecule has 1 aromatic carbocycles. The Morgan fingerprint density at radius 2 is 2.08 bits per heavy atom. The number of aliphatic hydroxyl groups is 1. The zero-order valence-corrected chi connectivity index (χ0v) is 8.27. The van der Waals surface area contributed by atoms with Crippen molar-refractivity contribution < 1.29 is 5.11 Å². The van der Waals surface area contributed by atoms with E-state index in [4.69, 9.17) is 0 Å². The summed E-state index contributed by atoms with van der Waals surface area (Å²) >= 11 is 1.78. The maximum absolute atomic E-state index is 9.42. The van der Waals surface area contributed by atoms with Crippen molar-refractivity contribution in [3.05, 3.63) is 35.4 Å². The highest BCUT2D eigenvalue weighted by Crippen LogP contribution is 2.20. The molecule has 0 radical (unpaired) electrons. The molecule has 0 bridgehead atoms. The number of benzene rings is 1. The largest absolute Gasteiger partial charge is 0.389 e. The van der Waals surface area contributed by atoms with Gasteiger partial charge in [0.2, 0.25) is 0 Å². The van der Waals surface area contributed by atoms with Crippen LogP contribution in [0.1, 0.15) is 24.2 Å². The molecular formula is C10H14OS. The number of rotatable bonds is 3. The summed E-state index contributed by atoms with van der Waals surface area (Å²) in [6.07, 6.45) is 1.71. The third-order valence-corrected chi connectivity index (χ3v) is 2.40. The second-order valence-corrected chi connectivity index (χ2v) is 3.67. The first kappa shape index (κ1) is 9.62. The van der Waals surface area contributed by atoms with Gasteiger partial charge in [-0.1, -0.05) is 24.3 Å². The molecule has 1 nitrogen and oxygen atoms in total. The van der Waals surface area contributed by atoms with Gasteiger partial charge in [0, 0.05) is 5.75 Å². The van der Waals surface area contributed by atoms with Crippen molar-refractivity contribution in [2.75, 3.05) is 6.26 Å². The Bertz CT molecular complexity index is 245. The summed E-state index contributed by atoms with van der Waals surface area (Å²) in [6, 6.07) is 8.03. The lowest BCUT2D eigenvalue weighted by Crippen LogP contribution is -1.96. The third-order valence-electron chi connectivity index (χ3n) is 1.81. The van der Waals surface area contributed by atoms with Gasteiger partial charge in [-0.15, -0.1) is 0 Å². The van der Waals surface area contributed by atoms with E-state index in [-0.39, 0.29) is 6.10 Å². The maximum Gasteiger partial charge on any atom is 0.0764 e. The zero-order chi connectivity index (χ0) is 8.97. The number of hydrogen-bond donors (Lipinski definition) is 1. The van der Waals surface area contributed by atoms with E-state index in [1.165, 1.54) is 5.56 Å². The highest BCUT2D eigenvalue weighted by molar-refractivity contribution is 7.97.